The van der Waals surface area contributed by atoms with Crippen LogP contribution in [0.1, 0.15) is 22.6 Å². The van der Waals surface area contributed by atoms with Gasteiger partial charge in [-0.2, -0.15) is 0 Å². The third kappa shape index (κ3) is 3.50. The minimum atomic E-state index is -0.889. The largest absolute Gasteiger partial charge is 0.481 e. The van der Waals surface area contributed by atoms with Gasteiger partial charge in [-0.25, -0.2) is 4.98 Å². The van der Waals surface area contributed by atoms with Gasteiger partial charge in [0.05, 0.1) is 5.92 Å². The van der Waals surface area contributed by atoms with Crippen LogP contribution in [0.15, 0.2) is 36.5 Å². The molecule has 0 bridgehead atoms. The molecule has 0 aliphatic heterocycles. The fourth-order valence-electron chi connectivity index (χ4n) is 1.95. The van der Waals surface area contributed by atoms with Crippen molar-refractivity contribution in [3.63, 3.8) is 0 Å². The number of carboxylic acids is 1. The summed E-state index contributed by atoms with van der Waals surface area (Å²) in [7, 11) is 0. The standard InChI is InChI=1S/C15H13Cl2NO2/c1-9-2-4-10(5-3-9)12(15(19)20)6-11-8-18-14(17)7-13(11)16/h2-5,7-8,12H,6H2,1H3,(H,19,20). The van der Waals surface area contributed by atoms with Crippen LogP contribution in [0.3, 0.4) is 0 Å². The molecular weight excluding hydrogens is 297 g/mol. The third-order valence-electron chi connectivity index (χ3n) is 3.10. The summed E-state index contributed by atoms with van der Waals surface area (Å²) in [6.45, 7) is 1.96. The lowest BCUT2D eigenvalue weighted by molar-refractivity contribution is -0.138. The average Bonchev–Trinajstić information content (AvgIpc) is 2.39. The van der Waals surface area contributed by atoms with Gasteiger partial charge in [0.1, 0.15) is 5.15 Å². The van der Waals surface area contributed by atoms with Gasteiger partial charge in [-0.1, -0.05) is 53.0 Å². The Kier molecular flexibility index (Phi) is 4.63. The van der Waals surface area contributed by atoms with Crippen molar-refractivity contribution in [3.05, 3.63) is 63.4 Å². The summed E-state index contributed by atoms with van der Waals surface area (Å²) in [6, 6.07) is 8.96. The highest BCUT2D eigenvalue weighted by molar-refractivity contribution is 6.34. The van der Waals surface area contributed by atoms with Crippen LogP contribution in [-0.2, 0) is 11.2 Å². The number of nitrogens with zero attached hydrogens (tertiary/aromatic N) is 1. The predicted molar refractivity (Wildman–Crippen MR) is 79.5 cm³/mol. The molecule has 1 heterocycles. The quantitative estimate of drug-likeness (QED) is 0.865. The molecule has 20 heavy (non-hydrogen) atoms. The normalized spacial score (nSPS) is 12.2. The van der Waals surface area contributed by atoms with E-state index < -0.39 is 11.9 Å². The topological polar surface area (TPSA) is 50.2 Å². The fourth-order valence-corrected chi connectivity index (χ4v) is 2.40. The minimum Gasteiger partial charge on any atom is -0.481 e. The molecule has 104 valence electrons. The number of benzene rings is 1. The van der Waals surface area contributed by atoms with E-state index in [2.05, 4.69) is 4.98 Å². The van der Waals surface area contributed by atoms with Crippen LogP contribution in [0.2, 0.25) is 10.2 Å². The first-order chi connectivity index (χ1) is 9.47. The molecule has 1 aromatic carbocycles. The molecular formula is C15H13Cl2NO2. The zero-order valence-corrected chi connectivity index (χ0v) is 12.3. The van der Waals surface area contributed by atoms with Crippen LogP contribution in [0, 0.1) is 6.92 Å². The fraction of sp³-hybridized carbons (Fsp3) is 0.200. The van der Waals surface area contributed by atoms with E-state index in [-0.39, 0.29) is 6.42 Å². The van der Waals surface area contributed by atoms with Crippen LogP contribution >= 0.6 is 23.2 Å². The summed E-state index contributed by atoms with van der Waals surface area (Å²) in [5.41, 5.74) is 2.50. The first-order valence-corrected chi connectivity index (χ1v) is 6.82. The van der Waals surface area contributed by atoms with Crippen molar-refractivity contribution < 1.29 is 9.90 Å². The maximum Gasteiger partial charge on any atom is 0.311 e. The highest BCUT2D eigenvalue weighted by atomic mass is 35.5. The predicted octanol–water partition coefficient (Wildman–Crippen LogP) is 4.11. The molecule has 0 aliphatic carbocycles. The summed E-state index contributed by atoms with van der Waals surface area (Å²) in [6.07, 6.45) is 1.80. The summed E-state index contributed by atoms with van der Waals surface area (Å²) in [5.74, 6) is -1.55. The number of aromatic nitrogens is 1. The summed E-state index contributed by atoms with van der Waals surface area (Å²) in [5, 5.41) is 10.1. The number of carboxylic acid groups (broad SMARTS) is 1. The van der Waals surface area contributed by atoms with Crippen molar-refractivity contribution in [3.8, 4) is 0 Å². The SMILES string of the molecule is Cc1ccc(C(Cc2cnc(Cl)cc2Cl)C(=O)O)cc1. The van der Waals surface area contributed by atoms with E-state index in [1.165, 1.54) is 12.3 Å². The Morgan fingerprint density at radius 1 is 1.30 bits per heavy atom. The number of hydrogen-bond donors (Lipinski definition) is 1. The molecule has 2 aromatic rings. The zero-order valence-electron chi connectivity index (χ0n) is 10.8. The van der Waals surface area contributed by atoms with Crippen molar-refractivity contribution in [1.29, 1.82) is 0 Å². The molecule has 0 aliphatic rings. The van der Waals surface area contributed by atoms with E-state index >= 15 is 0 Å². The summed E-state index contributed by atoms with van der Waals surface area (Å²) >= 11 is 11.8. The molecule has 0 saturated heterocycles. The number of hydrogen-bond acceptors (Lipinski definition) is 2. The second-order valence-corrected chi connectivity index (χ2v) is 5.40. The lowest BCUT2D eigenvalue weighted by Gasteiger charge is -2.14. The van der Waals surface area contributed by atoms with E-state index in [1.54, 1.807) is 0 Å². The maximum absolute atomic E-state index is 11.5. The lowest BCUT2D eigenvalue weighted by Crippen LogP contribution is -2.14. The van der Waals surface area contributed by atoms with E-state index in [0.717, 1.165) is 11.1 Å². The first kappa shape index (κ1) is 14.8. The average molecular weight is 310 g/mol. The number of aliphatic carboxylic acids is 1. The van der Waals surface area contributed by atoms with Crippen molar-refractivity contribution >= 4 is 29.2 Å². The molecule has 0 fully saturated rings. The van der Waals surface area contributed by atoms with Crippen molar-refractivity contribution in [2.45, 2.75) is 19.3 Å². The van der Waals surface area contributed by atoms with Gasteiger partial charge in [-0.3, -0.25) is 4.79 Å². The number of pyridine rings is 1. The summed E-state index contributed by atoms with van der Waals surface area (Å²) < 4.78 is 0. The zero-order chi connectivity index (χ0) is 14.7. The molecule has 0 amide bonds. The Balaban J connectivity index is 2.30. The highest BCUT2D eigenvalue weighted by Gasteiger charge is 2.21. The Bertz CT molecular complexity index is 626. The smallest absolute Gasteiger partial charge is 0.311 e. The van der Waals surface area contributed by atoms with Gasteiger partial charge in [0.25, 0.3) is 0 Å². The molecule has 1 N–H and O–H groups in total. The van der Waals surface area contributed by atoms with Gasteiger partial charge in [-0.05, 0) is 30.5 Å². The molecule has 0 spiro atoms. The Hall–Kier alpha value is -1.58. The first-order valence-electron chi connectivity index (χ1n) is 6.06. The Morgan fingerprint density at radius 2 is 1.95 bits per heavy atom. The van der Waals surface area contributed by atoms with E-state index in [0.29, 0.717) is 15.7 Å². The third-order valence-corrected chi connectivity index (χ3v) is 3.66. The molecule has 1 atom stereocenters. The van der Waals surface area contributed by atoms with Crippen molar-refractivity contribution in [2.75, 3.05) is 0 Å². The lowest BCUT2D eigenvalue weighted by atomic mass is 9.92. The van der Waals surface area contributed by atoms with Gasteiger partial charge < -0.3 is 5.11 Å². The van der Waals surface area contributed by atoms with Crippen LogP contribution in [0.25, 0.3) is 0 Å². The molecule has 3 nitrogen and oxygen atoms in total. The molecule has 0 radical (unpaired) electrons. The van der Waals surface area contributed by atoms with E-state index in [4.69, 9.17) is 23.2 Å². The number of halogens is 2. The van der Waals surface area contributed by atoms with Gasteiger partial charge in [0.2, 0.25) is 0 Å². The number of aryl methyl sites for hydroxylation is 1. The highest BCUT2D eigenvalue weighted by Crippen LogP contribution is 2.26. The molecule has 2 rings (SSSR count). The molecule has 1 unspecified atom stereocenters. The number of rotatable bonds is 4. The minimum absolute atomic E-state index is 0.279. The maximum atomic E-state index is 11.5. The number of carbonyl (C=O) groups is 1. The Labute approximate surface area is 127 Å². The molecule has 1 aromatic heterocycles. The van der Waals surface area contributed by atoms with E-state index in [9.17, 15) is 9.90 Å². The second-order valence-electron chi connectivity index (χ2n) is 4.60. The van der Waals surface area contributed by atoms with Crippen LogP contribution in [0.4, 0.5) is 0 Å². The van der Waals surface area contributed by atoms with Crippen LogP contribution in [0.5, 0.6) is 0 Å². The van der Waals surface area contributed by atoms with Gasteiger partial charge in [0.15, 0.2) is 0 Å². The molecule has 5 heteroatoms. The Morgan fingerprint density at radius 3 is 2.50 bits per heavy atom. The van der Waals surface area contributed by atoms with Crippen molar-refractivity contribution in [2.24, 2.45) is 0 Å². The van der Waals surface area contributed by atoms with Crippen LogP contribution < -0.4 is 0 Å². The van der Waals surface area contributed by atoms with Crippen LogP contribution in [-0.4, -0.2) is 16.1 Å². The van der Waals surface area contributed by atoms with E-state index in [1.807, 2.05) is 31.2 Å². The summed E-state index contributed by atoms with van der Waals surface area (Å²) in [4.78, 5) is 15.4. The van der Waals surface area contributed by atoms with Gasteiger partial charge in [-0.15, -0.1) is 0 Å². The second kappa shape index (κ2) is 6.25. The monoisotopic (exact) mass is 309 g/mol. The molecule has 0 saturated carbocycles. The van der Waals surface area contributed by atoms with Gasteiger partial charge in [0, 0.05) is 11.2 Å². The van der Waals surface area contributed by atoms with Crippen molar-refractivity contribution in [1.82, 2.24) is 4.98 Å². The van der Waals surface area contributed by atoms with Gasteiger partial charge >= 0.3 is 5.97 Å².